The summed E-state index contributed by atoms with van der Waals surface area (Å²) in [6, 6.07) is 4.54. The van der Waals surface area contributed by atoms with Crippen molar-refractivity contribution in [2.24, 2.45) is 0 Å². The molecule has 1 fully saturated rings. The third kappa shape index (κ3) is 4.04. The van der Waals surface area contributed by atoms with Gasteiger partial charge >= 0.3 is 6.09 Å². The molecule has 3 rings (SSSR count). The lowest BCUT2D eigenvalue weighted by molar-refractivity contribution is -0.385. The molecule has 0 aromatic heterocycles. The molecule has 1 aromatic carbocycles. The van der Waals surface area contributed by atoms with Crippen molar-refractivity contribution in [3.63, 3.8) is 0 Å². The van der Waals surface area contributed by atoms with E-state index >= 15 is 0 Å². The Morgan fingerprint density at radius 3 is 2.70 bits per heavy atom. The molecule has 0 bridgehead atoms. The first-order chi connectivity index (χ1) is 12.7. The molecule has 1 saturated heterocycles. The van der Waals surface area contributed by atoms with Gasteiger partial charge in [0.25, 0.3) is 11.6 Å². The second-order valence-corrected chi connectivity index (χ2v) is 8.08. The average molecular weight is 375 g/mol. The molecule has 8 nitrogen and oxygen atoms in total. The monoisotopic (exact) mass is 375 g/mol. The number of hydrogen-bond donors (Lipinski definition) is 0. The first kappa shape index (κ1) is 19.1. The molecule has 8 heteroatoms. The van der Waals surface area contributed by atoms with Crippen LogP contribution >= 0.6 is 0 Å². The zero-order chi connectivity index (χ0) is 19.8. The van der Waals surface area contributed by atoms with Gasteiger partial charge < -0.3 is 14.5 Å². The number of fused-ring (bicyclic) bond motifs is 1. The highest BCUT2D eigenvalue weighted by atomic mass is 16.6. The minimum absolute atomic E-state index is 0.155. The van der Waals surface area contributed by atoms with E-state index in [2.05, 4.69) is 0 Å². The first-order valence-electron chi connectivity index (χ1n) is 9.22. The van der Waals surface area contributed by atoms with Gasteiger partial charge in [0, 0.05) is 25.7 Å². The van der Waals surface area contributed by atoms with E-state index in [0.29, 0.717) is 25.2 Å². The van der Waals surface area contributed by atoms with Gasteiger partial charge in [-0.25, -0.2) is 4.79 Å². The van der Waals surface area contributed by atoms with Crippen molar-refractivity contribution in [1.29, 1.82) is 0 Å². The number of ether oxygens (including phenoxy) is 1. The van der Waals surface area contributed by atoms with E-state index in [0.717, 1.165) is 19.3 Å². The molecule has 0 radical (unpaired) electrons. The quantitative estimate of drug-likeness (QED) is 0.584. The van der Waals surface area contributed by atoms with Crippen LogP contribution < -0.4 is 0 Å². The van der Waals surface area contributed by atoms with Crippen LogP contribution in [0, 0.1) is 10.1 Å². The minimum Gasteiger partial charge on any atom is -0.444 e. The predicted octanol–water partition coefficient (Wildman–Crippen LogP) is 3.34. The van der Waals surface area contributed by atoms with Crippen molar-refractivity contribution < 1.29 is 19.2 Å². The van der Waals surface area contributed by atoms with Crippen molar-refractivity contribution in [2.75, 3.05) is 13.1 Å². The van der Waals surface area contributed by atoms with Crippen LogP contribution in [0.5, 0.6) is 0 Å². The van der Waals surface area contributed by atoms with Crippen LogP contribution in [0.4, 0.5) is 10.5 Å². The Bertz CT molecular complexity index is 771. The molecular formula is C19H25N3O5. The molecule has 1 aromatic rings. The van der Waals surface area contributed by atoms with Crippen LogP contribution in [0.3, 0.4) is 0 Å². The highest BCUT2D eigenvalue weighted by molar-refractivity contribution is 6.02. The molecular weight excluding hydrogens is 350 g/mol. The molecule has 0 spiro atoms. The molecule has 27 heavy (non-hydrogen) atoms. The number of benzene rings is 1. The molecule has 1 unspecified atom stereocenters. The number of rotatable bonds is 2. The van der Waals surface area contributed by atoms with Crippen LogP contribution in [0.15, 0.2) is 18.2 Å². The standard InChI is InChI=1S/C19H25N3O5/c1-19(2,3)27-18(24)20-10-5-4-8-14(12-20)21-11-13-7-6-9-15(22(25)26)16(13)17(21)23/h6-7,9,14H,4-5,8,10-12H2,1-3H3. The molecule has 2 heterocycles. The van der Waals surface area contributed by atoms with E-state index in [-0.39, 0.29) is 29.3 Å². The average Bonchev–Trinajstić information content (AvgIpc) is 2.77. The number of nitro benzene ring substituents is 1. The maximum Gasteiger partial charge on any atom is 0.410 e. The smallest absolute Gasteiger partial charge is 0.410 e. The summed E-state index contributed by atoms with van der Waals surface area (Å²) in [6.07, 6.45) is 2.09. The number of nitrogens with zero attached hydrogens (tertiary/aromatic N) is 3. The van der Waals surface area contributed by atoms with Crippen molar-refractivity contribution in [2.45, 2.75) is 58.2 Å². The summed E-state index contributed by atoms with van der Waals surface area (Å²) in [5.41, 5.74) is 0.106. The second-order valence-electron chi connectivity index (χ2n) is 8.08. The molecule has 0 aliphatic carbocycles. The highest BCUT2D eigenvalue weighted by Crippen LogP contribution is 2.33. The third-order valence-electron chi connectivity index (χ3n) is 4.88. The highest BCUT2D eigenvalue weighted by Gasteiger charge is 2.39. The Kier molecular flexibility index (Phi) is 5.08. The Morgan fingerprint density at radius 1 is 1.30 bits per heavy atom. The minimum atomic E-state index is -0.584. The Labute approximate surface area is 158 Å². The van der Waals surface area contributed by atoms with Gasteiger partial charge in [-0.2, -0.15) is 0 Å². The van der Waals surface area contributed by atoms with Crippen LogP contribution in [0.25, 0.3) is 0 Å². The summed E-state index contributed by atoms with van der Waals surface area (Å²) >= 11 is 0. The number of hydrogen-bond acceptors (Lipinski definition) is 5. The molecule has 0 saturated carbocycles. The van der Waals surface area contributed by atoms with E-state index in [1.54, 1.807) is 21.9 Å². The zero-order valence-corrected chi connectivity index (χ0v) is 15.9. The van der Waals surface area contributed by atoms with Gasteiger partial charge in [0.1, 0.15) is 11.2 Å². The Balaban J connectivity index is 1.80. The molecule has 2 amide bonds. The Hall–Kier alpha value is -2.64. The maximum atomic E-state index is 12.9. The van der Waals surface area contributed by atoms with Crippen LogP contribution in [0.1, 0.15) is 56.0 Å². The van der Waals surface area contributed by atoms with Gasteiger partial charge in [-0.3, -0.25) is 14.9 Å². The predicted molar refractivity (Wildman–Crippen MR) is 98.4 cm³/mol. The topological polar surface area (TPSA) is 93.0 Å². The summed E-state index contributed by atoms with van der Waals surface area (Å²) in [6.45, 7) is 6.76. The normalized spacial score (nSPS) is 20.3. The van der Waals surface area contributed by atoms with Gasteiger partial charge in [0.2, 0.25) is 0 Å². The van der Waals surface area contributed by atoms with E-state index in [1.165, 1.54) is 6.07 Å². The summed E-state index contributed by atoms with van der Waals surface area (Å²) in [5.74, 6) is -0.326. The van der Waals surface area contributed by atoms with Crippen molar-refractivity contribution in [3.8, 4) is 0 Å². The molecule has 2 aliphatic heterocycles. The summed E-state index contributed by atoms with van der Waals surface area (Å²) in [5, 5.41) is 11.3. The van der Waals surface area contributed by atoms with Crippen LogP contribution in [0.2, 0.25) is 0 Å². The van der Waals surface area contributed by atoms with Gasteiger partial charge in [0.15, 0.2) is 0 Å². The summed E-state index contributed by atoms with van der Waals surface area (Å²) in [4.78, 5) is 39.5. The Morgan fingerprint density at radius 2 is 2.04 bits per heavy atom. The molecule has 146 valence electrons. The fraction of sp³-hybridized carbons (Fsp3) is 0.579. The van der Waals surface area contributed by atoms with Crippen LogP contribution in [-0.2, 0) is 11.3 Å². The second kappa shape index (κ2) is 7.17. The van der Waals surface area contributed by atoms with Gasteiger partial charge in [0.05, 0.1) is 11.0 Å². The first-order valence-corrected chi connectivity index (χ1v) is 9.22. The lowest BCUT2D eigenvalue weighted by atomic mass is 10.1. The summed E-state index contributed by atoms with van der Waals surface area (Å²) < 4.78 is 5.48. The zero-order valence-electron chi connectivity index (χ0n) is 15.9. The van der Waals surface area contributed by atoms with Crippen LogP contribution in [-0.4, -0.2) is 51.5 Å². The van der Waals surface area contributed by atoms with E-state index in [4.69, 9.17) is 4.74 Å². The SMILES string of the molecule is CC(C)(C)OC(=O)N1CCCCC(N2Cc3cccc([N+](=O)[O-])c3C2=O)C1. The lowest BCUT2D eigenvalue weighted by Gasteiger charge is -2.32. The van der Waals surface area contributed by atoms with Crippen molar-refractivity contribution in [3.05, 3.63) is 39.4 Å². The molecule has 2 aliphatic rings. The number of carbonyl (C=O) groups excluding carboxylic acids is 2. The maximum absolute atomic E-state index is 12.9. The third-order valence-corrected chi connectivity index (χ3v) is 4.88. The van der Waals surface area contributed by atoms with E-state index < -0.39 is 10.5 Å². The fourth-order valence-electron chi connectivity index (χ4n) is 3.68. The van der Waals surface area contributed by atoms with E-state index in [1.807, 2.05) is 20.8 Å². The van der Waals surface area contributed by atoms with E-state index in [9.17, 15) is 19.7 Å². The van der Waals surface area contributed by atoms with Gasteiger partial charge in [-0.1, -0.05) is 12.1 Å². The number of amides is 2. The van der Waals surface area contributed by atoms with Gasteiger partial charge in [-0.15, -0.1) is 0 Å². The number of likely N-dealkylation sites (tertiary alicyclic amines) is 1. The van der Waals surface area contributed by atoms with Crippen molar-refractivity contribution >= 4 is 17.7 Å². The van der Waals surface area contributed by atoms with Crippen molar-refractivity contribution in [1.82, 2.24) is 9.80 Å². The van der Waals surface area contributed by atoms with Gasteiger partial charge in [-0.05, 0) is 45.6 Å². The fourth-order valence-corrected chi connectivity index (χ4v) is 3.68. The summed E-state index contributed by atoms with van der Waals surface area (Å²) in [7, 11) is 0. The lowest BCUT2D eigenvalue weighted by Crippen LogP contribution is -2.46. The largest absolute Gasteiger partial charge is 0.444 e. The molecule has 1 atom stereocenters. The number of carbonyl (C=O) groups is 2. The molecule has 0 N–H and O–H groups in total. The number of nitro groups is 1.